The van der Waals surface area contributed by atoms with Crippen molar-refractivity contribution < 1.29 is 0 Å². The molecule has 26 heavy (non-hydrogen) atoms. The summed E-state index contributed by atoms with van der Waals surface area (Å²) in [5.41, 5.74) is 5.38. The third-order valence-corrected chi connectivity index (χ3v) is 4.84. The second-order valence-electron chi connectivity index (χ2n) is 6.94. The van der Waals surface area contributed by atoms with Crippen molar-refractivity contribution in [3.05, 3.63) is 82.7 Å². The van der Waals surface area contributed by atoms with E-state index in [0.717, 1.165) is 43.5 Å². The van der Waals surface area contributed by atoms with E-state index in [0.29, 0.717) is 0 Å². The first-order valence-corrected chi connectivity index (χ1v) is 9.14. The van der Waals surface area contributed by atoms with Gasteiger partial charge in [0, 0.05) is 25.7 Å². The zero-order valence-electron chi connectivity index (χ0n) is 15.4. The van der Waals surface area contributed by atoms with Gasteiger partial charge in [0.15, 0.2) is 0 Å². The number of benzene rings is 2. The van der Waals surface area contributed by atoms with Crippen LogP contribution in [0, 0.1) is 13.8 Å². The Morgan fingerprint density at radius 3 is 2.65 bits per heavy atom. The Balaban J connectivity index is 1.51. The lowest BCUT2D eigenvalue weighted by Gasteiger charge is -2.30. The van der Waals surface area contributed by atoms with E-state index in [4.69, 9.17) is 0 Å². The number of nitrogens with zero attached hydrogens (tertiary/aromatic N) is 3. The van der Waals surface area contributed by atoms with E-state index in [-0.39, 0.29) is 0 Å². The smallest absolute Gasteiger partial charge is 0.134 e. The van der Waals surface area contributed by atoms with E-state index < -0.39 is 0 Å². The van der Waals surface area contributed by atoms with Crippen LogP contribution >= 0.6 is 0 Å². The van der Waals surface area contributed by atoms with E-state index in [9.17, 15) is 0 Å². The maximum absolute atomic E-state index is 4.67. The van der Waals surface area contributed by atoms with E-state index in [1.165, 1.54) is 22.3 Å². The van der Waals surface area contributed by atoms with Gasteiger partial charge in [-0.15, -0.1) is 0 Å². The standard InChI is InChI=1S/C22H24N4/c1-16-6-5-7-18(12-16)14-23-21-13-22(25-17(2)24-21)26-11-10-19-8-3-4-9-20(19)15-26/h3-9,12-13H,10-11,14-15H2,1-2H3,(H,23,24,25). The van der Waals surface area contributed by atoms with Crippen molar-refractivity contribution in [2.24, 2.45) is 0 Å². The molecular formula is C22H24N4. The minimum absolute atomic E-state index is 0.764. The second kappa shape index (κ2) is 7.16. The molecule has 4 nitrogen and oxygen atoms in total. The van der Waals surface area contributed by atoms with Gasteiger partial charge in [-0.1, -0.05) is 54.1 Å². The normalized spacial score (nSPS) is 13.4. The van der Waals surface area contributed by atoms with E-state index in [2.05, 4.69) is 81.7 Å². The van der Waals surface area contributed by atoms with Gasteiger partial charge in [0.1, 0.15) is 17.5 Å². The second-order valence-corrected chi connectivity index (χ2v) is 6.94. The van der Waals surface area contributed by atoms with E-state index in [1.54, 1.807) is 0 Å². The number of hydrogen-bond donors (Lipinski definition) is 1. The Hall–Kier alpha value is -2.88. The third kappa shape index (κ3) is 3.69. The van der Waals surface area contributed by atoms with Gasteiger partial charge in [0.05, 0.1) is 0 Å². The average molecular weight is 344 g/mol. The number of hydrogen-bond acceptors (Lipinski definition) is 4. The molecule has 4 heteroatoms. The highest BCUT2D eigenvalue weighted by Crippen LogP contribution is 2.24. The molecule has 0 radical (unpaired) electrons. The SMILES string of the molecule is Cc1cccc(CNc2cc(N3CCc4ccccc4C3)nc(C)n2)c1. The van der Waals surface area contributed by atoms with Crippen LogP contribution in [0.25, 0.3) is 0 Å². The van der Waals surface area contributed by atoms with Gasteiger partial charge in [-0.25, -0.2) is 9.97 Å². The van der Waals surface area contributed by atoms with Gasteiger partial charge in [0.25, 0.3) is 0 Å². The summed E-state index contributed by atoms with van der Waals surface area (Å²) in [6, 6.07) is 19.3. The molecule has 0 atom stereocenters. The fourth-order valence-electron chi connectivity index (χ4n) is 3.51. The fraction of sp³-hybridized carbons (Fsp3) is 0.273. The van der Waals surface area contributed by atoms with Crippen molar-refractivity contribution in [3.63, 3.8) is 0 Å². The number of aromatic nitrogens is 2. The summed E-state index contributed by atoms with van der Waals surface area (Å²) in [5.74, 6) is 2.68. The highest BCUT2D eigenvalue weighted by Gasteiger charge is 2.18. The monoisotopic (exact) mass is 344 g/mol. The van der Waals surface area contributed by atoms with Crippen molar-refractivity contribution in [3.8, 4) is 0 Å². The number of aryl methyl sites for hydroxylation is 2. The maximum atomic E-state index is 4.67. The van der Waals surface area contributed by atoms with E-state index >= 15 is 0 Å². The molecule has 2 aromatic carbocycles. The molecule has 0 unspecified atom stereocenters. The van der Waals surface area contributed by atoms with Gasteiger partial charge in [0.2, 0.25) is 0 Å². The quantitative estimate of drug-likeness (QED) is 0.767. The van der Waals surface area contributed by atoms with Crippen LogP contribution in [0.2, 0.25) is 0 Å². The minimum Gasteiger partial charge on any atom is -0.366 e. The zero-order chi connectivity index (χ0) is 17.9. The molecule has 3 aromatic rings. The van der Waals surface area contributed by atoms with Crippen LogP contribution in [0.15, 0.2) is 54.6 Å². The lowest BCUT2D eigenvalue weighted by molar-refractivity contribution is 0.717. The number of nitrogens with one attached hydrogen (secondary N) is 1. The van der Waals surface area contributed by atoms with Gasteiger partial charge >= 0.3 is 0 Å². The number of rotatable bonds is 4. The molecule has 0 aliphatic carbocycles. The van der Waals surface area contributed by atoms with E-state index in [1.807, 2.05) is 6.92 Å². The van der Waals surface area contributed by atoms with Crippen molar-refractivity contribution >= 4 is 11.6 Å². The summed E-state index contributed by atoms with van der Waals surface area (Å²) >= 11 is 0. The molecule has 1 aliphatic heterocycles. The molecule has 4 rings (SSSR count). The Morgan fingerprint density at radius 1 is 0.962 bits per heavy atom. The highest BCUT2D eigenvalue weighted by atomic mass is 15.2. The molecular weight excluding hydrogens is 320 g/mol. The minimum atomic E-state index is 0.764. The summed E-state index contributed by atoms with van der Waals surface area (Å²) in [5, 5.41) is 3.45. The molecule has 0 saturated heterocycles. The van der Waals surface area contributed by atoms with Crippen LogP contribution in [0.3, 0.4) is 0 Å². The molecule has 0 fully saturated rings. The molecule has 0 spiro atoms. The van der Waals surface area contributed by atoms with Crippen LogP contribution in [0.1, 0.15) is 28.1 Å². The topological polar surface area (TPSA) is 41.0 Å². The van der Waals surface area contributed by atoms with Crippen LogP contribution in [0.4, 0.5) is 11.6 Å². The first-order valence-electron chi connectivity index (χ1n) is 9.14. The summed E-state index contributed by atoms with van der Waals surface area (Å²) < 4.78 is 0. The van der Waals surface area contributed by atoms with Gasteiger partial charge in [-0.3, -0.25) is 0 Å². The Labute approximate surface area is 154 Å². The van der Waals surface area contributed by atoms with Crippen LogP contribution in [-0.2, 0) is 19.5 Å². The molecule has 0 bridgehead atoms. The number of anilines is 2. The van der Waals surface area contributed by atoms with Gasteiger partial charge in [-0.05, 0) is 37.0 Å². The maximum Gasteiger partial charge on any atom is 0.134 e. The number of fused-ring (bicyclic) bond motifs is 1. The third-order valence-electron chi connectivity index (χ3n) is 4.84. The summed E-state index contributed by atoms with van der Waals surface area (Å²) in [7, 11) is 0. The van der Waals surface area contributed by atoms with Crippen molar-refractivity contribution in [1.82, 2.24) is 9.97 Å². The van der Waals surface area contributed by atoms with Crippen molar-refractivity contribution in [2.75, 3.05) is 16.8 Å². The van der Waals surface area contributed by atoms with Crippen LogP contribution in [-0.4, -0.2) is 16.5 Å². The van der Waals surface area contributed by atoms with Gasteiger partial charge in [-0.2, -0.15) is 0 Å². The zero-order valence-corrected chi connectivity index (χ0v) is 15.4. The molecule has 1 N–H and O–H groups in total. The predicted molar refractivity (Wildman–Crippen MR) is 106 cm³/mol. The molecule has 1 aromatic heterocycles. The van der Waals surface area contributed by atoms with Crippen molar-refractivity contribution in [1.29, 1.82) is 0 Å². The Kier molecular flexibility index (Phi) is 4.57. The Bertz CT molecular complexity index is 920. The first kappa shape index (κ1) is 16.6. The van der Waals surface area contributed by atoms with Crippen LogP contribution < -0.4 is 10.2 Å². The fourth-order valence-corrected chi connectivity index (χ4v) is 3.51. The molecule has 0 amide bonds. The Morgan fingerprint density at radius 2 is 1.81 bits per heavy atom. The molecule has 0 saturated carbocycles. The van der Waals surface area contributed by atoms with Crippen molar-refractivity contribution in [2.45, 2.75) is 33.4 Å². The lowest BCUT2D eigenvalue weighted by Crippen LogP contribution is -2.31. The van der Waals surface area contributed by atoms with Crippen LogP contribution in [0.5, 0.6) is 0 Å². The highest BCUT2D eigenvalue weighted by molar-refractivity contribution is 5.51. The van der Waals surface area contributed by atoms with Gasteiger partial charge < -0.3 is 10.2 Å². The summed E-state index contributed by atoms with van der Waals surface area (Å²) in [6.07, 6.45) is 1.06. The molecule has 2 heterocycles. The molecule has 132 valence electrons. The average Bonchev–Trinajstić information content (AvgIpc) is 2.66. The lowest BCUT2D eigenvalue weighted by atomic mass is 10.00. The summed E-state index contributed by atoms with van der Waals surface area (Å²) in [6.45, 7) is 6.74. The summed E-state index contributed by atoms with van der Waals surface area (Å²) in [4.78, 5) is 11.6. The largest absolute Gasteiger partial charge is 0.366 e. The predicted octanol–water partition coefficient (Wildman–Crippen LogP) is 4.27. The molecule has 1 aliphatic rings. The first-order chi connectivity index (χ1) is 12.7.